The lowest BCUT2D eigenvalue weighted by atomic mass is 10.1. The van der Waals surface area contributed by atoms with Gasteiger partial charge in [-0.05, 0) is 40.7 Å². The number of pyridine rings is 1. The summed E-state index contributed by atoms with van der Waals surface area (Å²) in [5.41, 5.74) is 1.90. The van der Waals surface area contributed by atoms with Crippen LogP contribution in [0.1, 0.15) is 16.5 Å². The quantitative estimate of drug-likeness (QED) is 0.299. The van der Waals surface area contributed by atoms with Crippen molar-refractivity contribution in [3.63, 3.8) is 0 Å². The Balaban J connectivity index is 1.86. The first-order chi connectivity index (χ1) is 14.2. The second kappa shape index (κ2) is 7.85. The molecule has 0 N–H and O–H groups in total. The molecule has 4 rings (SSSR count). The highest BCUT2D eigenvalue weighted by atomic mass is 32.1. The molecular formula is C21H12N6OS. The molecule has 0 aliphatic heterocycles. The summed E-state index contributed by atoms with van der Waals surface area (Å²) < 4.78 is 1.62. The fraction of sp³-hybridized carbons (Fsp3) is 0.0476. The number of rotatable bonds is 4. The van der Waals surface area contributed by atoms with Gasteiger partial charge in [-0.25, -0.2) is 4.98 Å². The van der Waals surface area contributed by atoms with Crippen LogP contribution in [0.2, 0.25) is 0 Å². The first kappa shape index (κ1) is 18.2. The minimum atomic E-state index is -1.08. The molecule has 3 heterocycles. The minimum absolute atomic E-state index is 0.250. The van der Waals surface area contributed by atoms with Crippen molar-refractivity contribution in [1.29, 1.82) is 10.5 Å². The van der Waals surface area contributed by atoms with Crippen molar-refractivity contribution in [3.05, 3.63) is 76.9 Å². The fourth-order valence-electron chi connectivity index (χ4n) is 2.77. The van der Waals surface area contributed by atoms with Crippen LogP contribution in [-0.2, 0) is 0 Å². The Labute approximate surface area is 170 Å². The monoisotopic (exact) mass is 396 g/mol. The van der Waals surface area contributed by atoms with Gasteiger partial charge in [0.1, 0.15) is 17.4 Å². The average molecular weight is 396 g/mol. The van der Waals surface area contributed by atoms with E-state index in [0.717, 1.165) is 0 Å². The molecule has 0 amide bonds. The van der Waals surface area contributed by atoms with Crippen LogP contribution in [0.3, 0.4) is 0 Å². The number of para-hydroxylation sites is 2. The maximum Gasteiger partial charge on any atom is 0.352 e. The Bertz CT molecular complexity index is 1290. The third kappa shape index (κ3) is 3.65. The molecule has 0 aliphatic rings. The van der Waals surface area contributed by atoms with Crippen LogP contribution < -0.4 is 9.67 Å². The molecular weight excluding hydrogens is 384 g/mol. The molecule has 0 spiro atoms. The van der Waals surface area contributed by atoms with Crippen LogP contribution in [0.4, 0.5) is 5.69 Å². The van der Waals surface area contributed by atoms with Gasteiger partial charge in [-0.15, -0.1) is 11.3 Å². The van der Waals surface area contributed by atoms with E-state index in [2.05, 4.69) is 15.0 Å². The molecule has 0 atom stereocenters. The lowest BCUT2D eigenvalue weighted by Crippen LogP contribution is -2.33. The van der Waals surface area contributed by atoms with E-state index in [4.69, 9.17) is 0 Å². The smallest absolute Gasteiger partial charge is 0.352 e. The van der Waals surface area contributed by atoms with Gasteiger partial charge in [-0.3, -0.25) is 4.99 Å². The summed E-state index contributed by atoms with van der Waals surface area (Å²) in [6.45, 7) is 0. The van der Waals surface area contributed by atoms with Gasteiger partial charge in [-0.1, -0.05) is 18.2 Å². The average Bonchev–Trinajstić information content (AvgIpc) is 3.29. The zero-order valence-electron chi connectivity index (χ0n) is 14.9. The molecule has 138 valence electrons. The Morgan fingerprint density at radius 2 is 1.79 bits per heavy atom. The van der Waals surface area contributed by atoms with Gasteiger partial charge in [0.25, 0.3) is 0 Å². The Hall–Kier alpha value is -4.14. The van der Waals surface area contributed by atoms with E-state index in [1.807, 2.05) is 29.7 Å². The predicted octanol–water partition coefficient (Wildman–Crippen LogP) is 2.54. The molecule has 1 aromatic carbocycles. The fourth-order valence-corrected chi connectivity index (χ4v) is 3.38. The van der Waals surface area contributed by atoms with Gasteiger partial charge in [0, 0.05) is 10.8 Å². The minimum Gasteiger partial charge on any atom is -0.858 e. The van der Waals surface area contributed by atoms with E-state index in [1.165, 1.54) is 11.3 Å². The number of aliphatic imine (C=N–C) groups is 1. The first-order valence-corrected chi connectivity index (χ1v) is 9.45. The van der Waals surface area contributed by atoms with Crippen molar-refractivity contribution in [2.75, 3.05) is 0 Å². The van der Waals surface area contributed by atoms with E-state index in [-0.39, 0.29) is 11.6 Å². The van der Waals surface area contributed by atoms with E-state index in [0.29, 0.717) is 27.4 Å². The van der Waals surface area contributed by atoms with Gasteiger partial charge in [-0.2, -0.15) is 15.1 Å². The summed E-state index contributed by atoms with van der Waals surface area (Å²) in [5.74, 6) is -1.07. The van der Waals surface area contributed by atoms with E-state index in [1.54, 1.807) is 53.4 Å². The number of nitriles is 2. The number of thiophene rings is 1. The van der Waals surface area contributed by atoms with Crippen molar-refractivity contribution in [1.82, 2.24) is 9.97 Å². The molecule has 29 heavy (non-hydrogen) atoms. The first-order valence-electron chi connectivity index (χ1n) is 8.57. The second-order valence-electron chi connectivity index (χ2n) is 5.98. The molecule has 0 unspecified atom stereocenters. The van der Waals surface area contributed by atoms with Crippen molar-refractivity contribution in [2.24, 2.45) is 4.99 Å². The Morgan fingerprint density at radius 1 is 1.03 bits per heavy atom. The number of benzene rings is 1. The lowest BCUT2D eigenvalue weighted by Gasteiger charge is -2.08. The second-order valence-corrected chi connectivity index (χ2v) is 6.92. The zero-order valence-corrected chi connectivity index (χ0v) is 15.7. The highest BCUT2D eigenvalue weighted by molar-refractivity contribution is 7.12. The van der Waals surface area contributed by atoms with Crippen molar-refractivity contribution >= 4 is 34.0 Å². The lowest BCUT2D eigenvalue weighted by molar-refractivity contribution is -0.599. The number of aromatic nitrogens is 3. The largest absolute Gasteiger partial charge is 0.858 e. The van der Waals surface area contributed by atoms with Gasteiger partial charge >= 0.3 is 5.82 Å². The van der Waals surface area contributed by atoms with Crippen LogP contribution in [0.15, 0.2) is 71.3 Å². The summed E-state index contributed by atoms with van der Waals surface area (Å²) in [6, 6.07) is 18.1. The molecule has 0 bridgehead atoms. The molecule has 7 nitrogen and oxygen atoms in total. The van der Waals surface area contributed by atoms with Gasteiger partial charge < -0.3 is 5.11 Å². The maximum atomic E-state index is 12.3. The SMILES string of the molecule is N#CC(C#N)c1nc2ccccc2nc1-[n+]1cccc(N=C([O-])c2cccs2)c1. The predicted molar refractivity (Wildman–Crippen MR) is 106 cm³/mol. The zero-order chi connectivity index (χ0) is 20.2. The molecule has 0 fully saturated rings. The van der Waals surface area contributed by atoms with Crippen molar-refractivity contribution < 1.29 is 9.67 Å². The highest BCUT2D eigenvalue weighted by Crippen LogP contribution is 2.21. The van der Waals surface area contributed by atoms with E-state index >= 15 is 0 Å². The van der Waals surface area contributed by atoms with Crippen LogP contribution in [0.5, 0.6) is 0 Å². The van der Waals surface area contributed by atoms with Crippen LogP contribution >= 0.6 is 11.3 Å². The summed E-state index contributed by atoms with van der Waals surface area (Å²) in [5, 5.41) is 32.9. The summed E-state index contributed by atoms with van der Waals surface area (Å²) >= 11 is 1.32. The number of hydrogen-bond acceptors (Lipinski definition) is 7. The number of fused-ring (bicyclic) bond motifs is 1. The molecule has 4 aromatic rings. The molecule has 0 saturated heterocycles. The standard InChI is InChI=1S/C21H12N6OS/c22-11-14(12-23)19-20(26-17-7-2-1-6-16(17)25-19)27-9-3-5-15(13-27)24-21(28)18-8-4-10-29-18/h1-10,13-14H. The third-order valence-electron chi connectivity index (χ3n) is 4.10. The summed E-state index contributed by atoms with van der Waals surface area (Å²) in [4.78, 5) is 13.8. The molecule has 3 aromatic heterocycles. The number of nitrogens with zero attached hydrogens (tertiary/aromatic N) is 6. The van der Waals surface area contributed by atoms with Gasteiger partial charge in [0.15, 0.2) is 11.6 Å². The van der Waals surface area contributed by atoms with Gasteiger partial charge in [0.05, 0.1) is 18.3 Å². The van der Waals surface area contributed by atoms with Crippen molar-refractivity contribution in [3.8, 4) is 18.0 Å². The van der Waals surface area contributed by atoms with Gasteiger partial charge in [0.2, 0.25) is 5.52 Å². The highest BCUT2D eigenvalue weighted by Gasteiger charge is 2.26. The Morgan fingerprint density at radius 3 is 2.48 bits per heavy atom. The number of hydrogen-bond donors (Lipinski definition) is 0. The van der Waals surface area contributed by atoms with E-state index in [9.17, 15) is 15.6 Å². The maximum absolute atomic E-state index is 12.3. The molecule has 0 radical (unpaired) electrons. The van der Waals surface area contributed by atoms with Crippen LogP contribution in [0, 0.1) is 22.7 Å². The van der Waals surface area contributed by atoms with Crippen molar-refractivity contribution in [2.45, 2.75) is 5.92 Å². The van der Waals surface area contributed by atoms with Crippen LogP contribution in [0.25, 0.3) is 16.9 Å². The topological polar surface area (TPSA) is 113 Å². The molecule has 8 heteroatoms. The normalized spacial score (nSPS) is 11.3. The summed E-state index contributed by atoms with van der Waals surface area (Å²) in [6.07, 6.45) is 3.34. The Kier molecular flexibility index (Phi) is 4.93. The molecule has 0 aliphatic carbocycles. The van der Waals surface area contributed by atoms with E-state index < -0.39 is 5.92 Å². The summed E-state index contributed by atoms with van der Waals surface area (Å²) in [7, 11) is 0. The van der Waals surface area contributed by atoms with Crippen LogP contribution in [-0.4, -0.2) is 15.9 Å². The third-order valence-corrected chi connectivity index (χ3v) is 4.96. The molecule has 0 saturated carbocycles.